The summed E-state index contributed by atoms with van der Waals surface area (Å²) in [5.74, 6) is -0.831. The Hall–Kier alpha value is -2.28. The van der Waals surface area contributed by atoms with E-state index in [1.807, 2.05) is 0 Å². The average Bonchev–Trinajstić information content (AvgIpc) is 3.00. The van der Waals surface area contributed by atoms with Crippen LogP contribution in [0.2, 0.25) is 0 Å². The molecule has 1 aromatic rings. The topological polar surface area (TPSA) is 96.9 Å². The van der Waals surface area contributed by atoms with Gasteiger partial charge >= 0.3 is 5.97 Å². The maximum absolute atomic E-state index is 12.1. The third kappa shape index (κ3) is 3.25. The van der Waals surface area contributed by atoms with Crippen molar-refractivity contribution in [2.45, 2.75) is 6.42 Å². The summed E-state index contributed by atoms with van der Waals surface area (Å²) in [7, 11) is 2.87. The summed E-state index contributed by atoms with van der Waals surface area (Å²) in [6, 6.07) is 2.80. The van der Waals surface area contributed by atoms with E-state index < -0.39 is 5.97 Å². The summed E-state index contributed by atoms with van der Waals surface area (Å²) in [6.07, 6.45) is 0.738. The van der Waals surface area contributed by atoms with Gasteiger partial charge in [-0.1, -0.05) is 0 Å². The van der Waals surface area contributed by atoms with Gasteiger partial charge in [-0.25, -0.2) is 4.79 Å². The lowest BCUT2D eigenvalue weighted by Crippen LogP contribution is -2.25. The second-order valence-electron chi connectivity index (χ2n) is 4.74. The molecule has 21 heavy (non-hydrogen) atoms. The first-order valence-corrected chi connectivity index (χ1v) is 6.57. The second kappa shape index (κ2) is 6.45. The van der Waals surface area contributed by atoms with Crippen LogP contribution in [0.25, 0.3) is 0 Å². The van der Waals surface area contributed by atoms with Gasteiger partial charge in [0, 0.05) is 18.7 Å². The first-order valence-electron chi connectivity index (χ1n) is 6.57. The van der Waals surface area contributed by atoms with Gasteiger partial charge in [0.25, 0.3) is 0 Å². The lowest BCUT2D eigenvalue weighted by Gasteiger charge is -2.15. The molecule has 7 heteroatoms. The van der Waals surface area contributed by atoms with Crippen LogP contribution in [0.3, 0.4) is 0 Å². The molecule has 2 rings (SSSR count). The van der Waals surface area contributed by atoms with Gasteiger partial charge in [0.1, 0.15) is 0 Å². The highest BCUT2D eigenvalue weighted by Gasteiger charge is 2.25. The summed E-state index contributed by atoms with van der Waals surface area (Å²) in [5.41, 5.74) is 0.170. The number of carboxylic acid groups (broad SMARTS) is 1. The molecule has 114 valence electrons. The van der Waals surface area contributed by atoms with Crippen LogP contribution in [0.15, 0.2) is 12.1 Å². The van der Waals surface area contributed by atoms with Gasteiger partial charge in [0.2, 0.25) is 5.91 Å². The Labute approximate surface area is 122 Å². The predicted octanol–water partition coefficient (Wildman–Crippen LogP) is 0.950. The maximum atomic E-state index is 12.1. The zero-order chi connectivity index (χ0) is 15.4. The lowest BCUT2D eigenvalue weighted by atomic mass is 10.1. The number of aromatic carboxylic acids is 1. The van der Waals surface area contributed by atoms with Crippen LogP contribution in [-0.2, 0) is 4.79 Å². The van der Waals surface area contributed by atoms with E-state index in [0.29, 0.717) is 18.0 Å². The number of rotatable bonds is 5. The number of hydrogen-bond acceptors (Lipinski definition) is 5. The van der Waals surface area contributed by atoms with Crippen molar-refractivity contribution < 1.29 is 24.2 Å². The van der Waals surface area contributed by atoms with Gasteiger partial charge in [0.15, 0.2) is 11.5 Å². The standard InChI is InChI=1S/C14H18N2O5/c1-20-11-5-9(14(18)19)10(6-12(11)21-2)16-13(17)8-3-4-15-7-8/h5-6,8,15H,3-4,7H2,1-2H3,(H,16,17)(H,18,19). The first-order chi connectivity index (χ1) is 10.1. The average molecular weight is 294 g/mol. The monoisotopic (exact) mass is 294 g/mol. The van der Waals surface area contributed by atoms with Crippen molar-refractivity contribution in [2.75, 3.05) is 32.6 Å². The number of hydrogen-bond donors (Lipinski definition) is 3. The maximum Gasteiger partial charge on any atom is 0.337 e. The quantitative estimate of drug-likeness (QED) is 0.748. The highest BCUT2D eigenvalue weighted by Crippen LogP contribution is 2.33. The zero-order valence-electron chi connectivity index (χ0n) is 11.9. The highest BCUT2D eigenvalue weighted by atomic mass is 16.5. The molecule has 1 unspecified atom stereocenters. The van der Waals surface area contributed by atoms with Crippen molar-refractivity contribution in [1.29, 1.82) is 0 Å². The molecule has 0 aliphatic carbocycles. The second-order valence-corrected chi connectivity index (χ2v) is 4.74. The predicted molar refractivity (Wildman–Crippen MR) is 76.1 cm³/mol. The van der Waals surface area contributed by atoms with Gasteiger partial charge in [-0.05, 0) is 13.0 Å². The van der Waals surface area contributed by atoms with Gasteiger partial charge in [0.05, 0.1) is 31.4 Å². The van der Waals surface area contributed by atoms with Crippen LogP contribution in [0.4, 0.5) is 5.69 Å². The molecule has 1 amide bonds. The lowest BCUT2D eigenvalue weighted by molar-refractivity contribution is -0.119. The summed E-state index contributed by atoms with van der Waals surface area (Å²) < 4.78 is 10.2. The van der Waals surface area contributed by atoms with Crippen molar-refractivity contribution in [3.8, 4) is 11.5 Å². The van der Waals surface area contributed by atoms with E-state index in [4.69, 9.17) is 9.47 Å². The van der Waals surface area contributed by atoms with E-state index in [1.54, 1.807) is 0 Å². The molecule has 1 atom stereocenters. The molecular formula is C14H18N2O5. The summed E-state index contributed by atoms with van der Waals surface area (Å²) >= 11 is 0. The zero-order valence-corrected chi connectivity index (χ0v) is 11.9. The van der Waals surface area contributed by atoms with E-state index in [-0.39, 0.29) is 23.1 Å². The number of nitrogens with one attached hydrogen (secondary N) is 2. The third-order valence-corrected chi connectivity index (χ3v) is 3.44. The summed E-state index contributed by atoms with van der Waals surface area (Å²) in [4.78, 5) is 23.5. The van der Waals surface area contributed by atoms with Gasteiger partial charge in [-0.3, -0.25) is 4.79 Å². The molecule has 7 nitrogen and oxygen atoms in total. The number of carboxylic acids is 1. The Morgan fingerprint density at radius 1 is 1.29 bits per heavy atom. The minimum absolute atomic E-state index is 0.0352. The van der Waals surface area contributed by atoms with Crippen LogP contribution in [0, 0.1) is 5.92 Å². The Kier molecular flexibility index (Phi) is 4.64. The number of carbonyl (C=O) groups excluding carboxylic acids is 1. The molecular weight excluding hydrogens is 276 g/mol. The van der Waals surface area contributed by atoms with Gasteiger partial charge in [-0.15, -0.1) is 0 Å². The minimum atomic E-state index is -1.14. The molecule has 3 N–H and O–H groups in total. The number of ether oxygens (including phenoxy) is 2. The first kappa shape index (κ1) is 15.1. The Bertz CT molecular complexity index is 553. The molecule has 0 spiro atoms. The normalized spacial score (nSPS) is 17.3. The molecule has 1 aliphatic rings. The Balaban J connectivity index is 2.31. The van der Waals surface area contributed by atoms with Crippen LogP contribution in [0.5, 0.6) is 11.5 Å². The fourth-order valence-electron chi connectivity index (χ4n) is 2.27. The van der Waals surface area contributed by atoms with E-state index in [1.165, 1.54) is 26.4 Å². The van der Waals surface area contributed by atoms with Crippen molar-refractivity contribution in [3.63, 3.8) is 0 Å². The van der Waals surface area contributed by atoms with Crippen LogP contribution < -0.4 is 20.1 Å². The number of carbonyl (C=O) groups is 2. The molecule has 1 fully saturated rings. The molecule has 1 aliphatic heterocycles. The smallest absolute Gasteiger partial charge is 0.337 e. The fraction of sp³-hybridized carbons (Fsp3) is 0.429. The van der Waals surface area contributed by atoms with Crippen LogP contribution >= 0.6 is 0 Å². The third-order valence-electron chi connectivity index (χ3n) is 3.44. The summed E-state index contributed by atoms with van der Waals surface area (Å²) in [6.45, 7) is 1.39. The van der Waals surface area contributed by atoms with E-state index in [2.05, 4.69) is 10.6 Å². The molecule has 1 aromatic carbocycles. The minimum Gasteiger partial charge on any atom is -0.493 e. The molecule has 0 bridgehead atoms. The number of anilines is 1. The van der Waals surface area contributed by atoms with E-state index in [9.17, 15) is 14.7 Å². The van der Waals surface area contributed by atoms with Crippen LogP contribution in [-0.4, -0.2) is 44.3 Å². The van der Waals surface area contributed by atoms with Crippen molar-refractivity contribution in [2.24, 2.45) is 5.92 Å². The van der Waals surface area contributed by atoms with Crippen molar-refractivity contribution >= 4 is 17.6 Å². The molecule has 0 aromatic heterocycles. The molecule has 1 saturated heterocycles. The van der Waals surface area contributed by atoms with Crippen molar-refractivity contribution in [3.05, 3.63) is 17.7 Å². The number of methoxy groups -OCH3 is 2. The Morgan fingerprint density at radius 2 is 1.95 bits per heavy atom. The molecule has 0 radical (unpaired) electrons. The van der Waals surface area contributed by atoms with Crippen molar-refractivity contribution in [1.82, 2.24) is 5.32 Å². The SMILES string of the molecule is COc1cc(NC(=O)C2CCNC2)c(C(=O)O)cc1OC. The van der Waals surface area contributed by atoms with E-state index in [0.717, 1.165) is 13.0 Å². The van der Waals surface area contributed by atoms with E-state index >= 15 is 0 Å². The van der Waals surface area contributed by atoms with Gasteiger partial charge in [-0.2, -0.15) is 0 Å². The fourth-order valence-corrected chi connectivity index (χ4v) is 2.27. The number of amides is 1. The number of benzene rings is 1. The molecule has 1 heterocycles. The van der Waals surface area contributed by atoms with Gasteiger partial charge < -0.3 is 25.2 Å². The Morgan fingerprint density at radius 3 is 2.48 bits per heavy atom. The molecule has 0 saturated carbocycles. The summed E-state index contributed by atoms with van der Waals surface area (Å²) in [5, 5.41) is 15.0. The largest absolute Gasteiger partial charge is 0.493 e. The highest BCUT2D eigenvalue weighted by molar-refractivity contribution is 6.02. The van der Waals surface area contributed by atoms with Crippen LogP contribution in [0.1, 0.15) is 16.8 Å².